The molecule has 1 atom stereocenters. The summed E-state index contributed by atoms with van der Waals surface area (Å²) in [7, 11) is -1.76. The van der Waals surface area contributed by atoms with Crippen molar-refractivity contribution in [3.8, 4) is 17.2 Å². The van der Waals surface area contributed by atoms with Crippen LogP contribution >= 0.6 is 0 Å². The minimum Gasteiger partial charge on any atom is -0.389 e. The number of β-amino-alcohol motifs (C(OH)–C–C–N with tert-alkyl or cyclic N) is 1. The lowest BCUT2D eigenvalue weighted by Crippen LogP contribution is -2.53. The van der Waals surface area contributed by atoms with Gasteiger partial charge in [-0.1, -0.05) is 30.4 Å². The maximum atomic E-state index is 14.4. The molecule has 280 valence electrons. The SMILES string of the molecule is Cc1cc(-c2cnc3c(ccn3S(=O)(=O)C3(C)C=CC=C(c4ccc(C(=O)N5CC(O)C5)cc4)C3)c2)cc(C#N)c1N1CCN(C2CCN(C)CC2)CC1. The number of carbonyl (C=O) groups is 1. The molecule has 4 aromatic rings. The Bertz CT molecular complexity index is 2300. The molecule has 1 N–H and O–H groups in total. The van der Waals surface area contributed by atoms with E-state index in [0.29, 0.717) is 41.3 Å². The molecule has 4 aliphatic rings. The van der Waals surface area contributed by atoms with E-state index in [9.17, 15) is 23.6 Å². The lowest BCUT2D eigenvalue weighted by molar-refractivity contribution is 0.00589. The number of allylic oxidation sites excluding steroid dienone is 3. The number of likely N-dealkylation sites (tertiary alicyclic amines) is 2. The number of aryl methyl sites for hydroxylation is 1. The van der Waals surface area contributed by atoms with Gasteiger partial charge in [0.05, 0.1) is 17.4 Å². The molecule has 0 bridgehead atoms. The summed E-state index contributed by atoms with van der Waals surface area (Å²) < 4.78 is 28.8. The number of piperidine rings is 1. The van der Waals surface area contributed by atoms with Gasteiger partial charge in [-0.2, -0.15) is 5.26 Å². The second-order valence-corrected chi connectivity index (χ2v) is 17.9. The molecule has 5 heterocycles. The molecule has 3 saturated heterocycles. The van der Waals surface area contributed by atoms with Crippen LogP contribution in [0.4, 0.5) is 5.69 Å². The largest absolute Gasteiger partial charge is 0.389 e. The number of nitriles is 1. The Morgan fingerprint density at radius 3 is 2.37 bits per heavy atom. The summed E-state index contributed by atoms with van der Waals surface area (Å²) >= 11 is 0. The Balaban J connectivity index is 0.988. The van der Waals surface area contributed by atoms with Gasteiger partial charge in [0.25, 0.3) is 5.91 Å². The van der Waals surface area contributed by atoms with Crippen molar-refractivity contribution < 1.29 is 18.3 Å². The molecule has 1 unspecified atom stereocenters. The minimum absolute atomic E-state index is 0.128. The highest BCUT2D eigenvalue weighted by molar-refractivity contribution is 7.91. The first kappa shape index (κ1) is 36.2. The second-order valence-electron chi connectivity index (χ2n) is 15.6. The van der Waals surface area contributed by atoms with E-state index >= 15 is 0 Å². The number of piperazine rings is 1. The molecule has 3 fully saturated rings. The Hall–Kier alpha value is -4.80. The molecular weight excluding hydrogens is 699 g/mol. The van der Waals surface area contributed by atoms with Crippen LogP contribution in [-0.2, 0) is 10.0 Å². The average molecular weight is 746 g/mol. The fourth-order valence-electron chi connectivity index (χ4n) is 8.57. The number of carbonyl (C=O) groups excluding carboxylic acids is 1. The molecular formula is C42H47N7O4S. The topological polar surface area (TPSA) is 126 Å². The lowest BCUT2D eigenvalue weighted by Gasteiger charge is -2.43. The van der Waals surface area contributed by atoms with Crippen molar-refractivity contribution in [1.29, 1.82) is 5.26 Å². The zero-order valence-electron chi connectivity index (χ0n) is 31.1. The number of rotatable bonds is 7. The van der Waals surface area contributed by atoms with Gasteiger partial charge >= 0.3 is 0 Å². The van der Waals surface area contributed by atoms with Crippen LogP contribution in [0, 0.1) is 18.3 Å². The number of anilines is 1. The number of aliphatic hydroxyl groups is 1. The average Bonchev–Trinajstić information content (AvgIpc) is 3.61. The maximum Gasteiger partial charge on any atom is 0.254 e. The first-order chi connectivity index (χ1) is 25.9. The van der Waals surface area contributed by atoms with Crippen molar-refractivity contribution in [2.45, 2.75) is 50.0 Å². The molecule has 12 heteroatoms. The van der Waals surface area contributed by atoms with Crippen molar-refractivity contribution in [2.24, 2.45) is 0 Å². The molecule has 0 saturated carbocycles. The molecule has 2 aromatic heterocycles. The van der Waals surface area contributed by atoms with Crippen molar-refractivity contribution >= 4 is 38.2 Å². The predicted molar refractivity (Wildman–Crippen MR) is 212 cm³/mol. The summed E-state index contributed by atoms with van der Waals surface area (Å²) in [6, 6.07) is 18.1. The Kier molecular flexibility index (Phi) is 9.46. The number of hydrogen-bond donors (Lipinski definition) is 1. The summed E-state index contributed by atoms with van der Waals surface area (Å²) in [5.41, 5.74) is 6.92. The molecule has 11 nitrogen and oxygen atoms in total. The van der Waals surface area contributed by atoms with Crippen LogP contribution in [0.2, 0.25) is 0 Å². The first-order valence-corrected chi connectivity index (χ1v) is 20.3. The van der Waals surface area contributed by atoms with Crippen molar-refractivity contribution in [3.05, 3.63) is 101 Å². The van der Waals surface area contributed by atoms with Crippen LogP contribution in [0.3, 0.4) is 0 Å². The van der Waals surface area contributed by atoms with Gasteiger partial charge in [0.15, 0.2) is 5.65 Å². The third-order valence-electron chi connectivity index (χ3n) is 11.9. The Morgan fingerprint density at radius 1 is 0.963 bits per heavy atom. The maximum absolute atomic E-state index is 14.4. The van der Waals surface area contributed by atoms with E-state index in [-0.39, 0.29) is 12.3 Å². The predicted octanol–water partition coefficient (Wildman–Crippen LogP) is 4.90. The first-order valence-electron chi connectivity index (χ1n) is 18.9. The van der Waals surface area contributed by atoms with E-state index < -0.39 is 20.9 Å². The number of amides is 1. The second kappa shape index (κ2) is 14.1. The normalized spacial score (nSPS) is 21.9. The highest BCUT2D eigenvalue weighted by Gasteiger charge is 2.41. The number of benzene rings is 2. The van der Waals surface area contributed by atoms with Crippen LogP contribution in [0.5, 0.6) is 0 Å². The van der Waals surface area contributed by atoms with E-state index in [1.807, 2.05) is 30.3 Å². The van der Waals surface area contributed by atoms with Crippen LogP contribution < -0.4 is 4.90 Å². The van der Waals surface area contributed by atoms with Gasteiger partial charge in [-0.25, -0.2) is 17.4 Å². The highest BCUT2D eigenvalue weighted by Crippen LogP contribution is 2.39. The quantitative estimate of drug-likeness (QED) is 0.282. The molecule has 0 radical (unpaired) electrons. The lowest BCUT2D eigenvalue weighted by atomic mass is 9.90. The van der Waals surface area contributed by atoms with Crippen molar-refractivity contribution in [1.82, 2.24) is 23.7 Å². The molecule has 3 aliphatic heterocycles. The minimum atomic E-state index is -3.96. The number of nitrogens with zero attached hydrogens (tertiary/aromatic N) is 7. The highest BCUT2D eigenvalue weighted by atomic mass is 32.2. The fraction of sp³-hybridized carbons (Fsp3) is 0.405. The van der Waals surface area contributed by atoms with E-state index in [4.69, 9.17) is 4.98 Å². The molecule has 1 aliphatic carbocycles. The molecule has 8 rings (SSSR count). The van der Waals surface area contributed by atoms with Crippen molar-refractivity contribution in [2.75, 3.05) is 64.3 Å². The zero-order chi connectivity index (χ0) is 37.8. The summed E-state index contributed by atoms with van der Waals surface area (Å²) in [6.07, 6.45) is 10.9. The van der Waals surface area contributed by atoms with E-state index in [1.54, 1.807) is 54.6 Å². The fourth-order valence-corrected chi connectivity index (χ4v) is 10.2. The van der Waals surface area contributed by atoms with Gasteiger partial charge in [-0.15, -0.1) is 0 Å². The molecule has 54 heavy (non-hydrogen) atoms. The van der Waals surface area contributed by atoms with Gasteiger partial charge in [0, 0.05) is 74.2 Å². The summed E-state index contributed by atoms with van der Waals surface area (Å²) in [5.74, 6) is -0.128. The van der Waals surface area contributed by atoms with Gasteiger partial charge in [-0.05, 0) is 112 Å². The van der Waals surface area contributed by atoms with E-state index in [2.05, 4.69) is 40.8 Å². The number of pyridine rings is 1. The molecule has 2 aromatic carbocycles. The van der Waals surface area contributed by atoms with Crippen LogP contribution in [-0.4, -0.2) is 119 Å². The summed E-state index contributed by atoms with van der Waals surface area (Å²) in [5, 5.41) is 20.5. The molecule has 1 amide bonds. The van der Waals surface area contributed by atoms with Gasteiger partial charge in [0.1, 0.15) is 10.8 Å². The summed E-state index contributed by atoms with van der Waals surface area (Å²) in [6.45, 7) is 10.5. The van der Waals surface area contributed by atoms with Gasteiger partial charge < -0.3 is 19.8 Å². The van der Waals surface area contributed by atoms with Crippen LogP contribution in [0.1, 0.15) is 53.2 Å². The van der Waals surface area contributed by atoms with Gasteiger partial charge in [-0.3, -0.25) is 9.69 Å². The summed E-state index contributed by atoms with van der Waals surface area (Å²) in [4.78, 5) is 26.4. The molecule has 0 spiro atoms. The number of fused-ring (bicyclic) bond motifs is 1. The standard InChI is InChI=1S/C42H47N7O4S/c1-29-21-34(23-35(25-43)39(29)47-19-17-46(18-20-47)37-11-14-45(3)15-12-37)36-22-32-10-16-49(40(32)44-26-36)54(52,53)42(2)13-4-5-33(24-42)30-6-8-31(9-7-30)41(51)48-27-38(50)28-48/h4-10,13,16,21-23,26,37-38,50H,11-12,14-15,17-20,24,27-28H2,1-3H3. The van der Waals surface area contributed by atoms with Crippen LogP contribution in [0.25, 0.3) is 27.7 Å². The van der Waals surface area contributed by atoms with E-state index in [1.165, 1.54) is 16.8 Å². The Labute approximate surface area is 317 Å². The monoisotopic (exact) mass is 745 g/mol. The Morgan fingerprint density at radius 2 is 1.69 bits per heavy atom. The number of aliphatic hydroxyl groups excluding tert-OH is 1. The number of aromatic nitrogens is 2. The third kappa shape index (κ3) is 6.53. The van der Waals surface area contributed by atoms with Crippen LogP contribution in [0.15, 0.2) is 79.2 Å². The van der Waals surface area contributed by atoms with Crippen molar-refractivity contribution in [3.63, 3.8) is 0 Å². The third-order valence-corrected chi connectivity index (χ3v) is 14.1. The van der Waals surface area contributed by atoms with E-state index in [0.717, 1.165) is 72.8 Å². The number of hydrogen-bond acceptors (Lipinski definition) is 9. The zero-order valence-corrected chi connectivity index (χ0v) is 32.0. The van der Waals surface area contributed by atoms with Gasteiger partial charge in [0.2, 0.25) is 10.0 Å². The smallest absolute Gasteiger partial charge is 0.254 e.